The van der Waals surface area contributed by atoms with E-state index in [1.165, 1.54) is 0 Å². The van der Waals surface area contributed by atoms with E-state index in [0.717, 1.165) is 43.1 Å². The van der Waals surface area contributed by atoms with Crippen molar-refractivity contribution in [2.45, 2.75) is 64.9 Å². The number of carboxylic acids is 1. The first-order valence-electron chi connectivity index (χ1n) is 11.1. The van der Waals surface area contributed by atoms with Crippen LogP contribution in [0.25, 0.3) is 11.0 Å². The topological polar surface area (TPSA) is 106 Å². The van der Waals surface area contributed by atoms with Crippen LogP contribution in [0.2, 0.25) is 0 Å². The van der Waals surface area contributed by atoms with Gasteiger partial charge in [-0.15, -0.1) is 0 Å². The van der Waals surface area contributed by atoms with Gasteiger partial charge in [0.2, 0.25) is 0 Å². The highest BCUT2D eigenvalue weighted by atomic mass is 16.5. The van der Waals surface area contributed by atoms with E-state index < -0.39 is 12.1 Å². The number of carbonyl (C=O) groups excluding carboxylic acids is 1. The molecule has 31 heavy (non-hydrogen) atoms. The van der Waals surface area contributed by atoms with E-state index >= 15 is 0 Å². The quantitative estimate of drug-likeness (QED) is 0.586. The molecule has 1 fully saturated rings. The Labute approximate surface area is 181 Å². The second kappa shape index (κ2) is 10.5. The number of benzene rings is 1. The number of ether oxygens (including phenoxy) is 1. The molecule has 1 heterocycles. The number of amides is 1. The van der Waals surface area contributed by atoms with Crippen molar-refractivity contribution >= 4 is 22.8 Å². The third-order valence-electron chi connectivity index (χ3n) is 6.04. The van der Waals surface area contributed by atoms with Gasteiger partial charge in [-0.3, -0.25) is 9.59 Å². The summed E-state index contributed by atoms with van der Waals surface area (Å²) in [7, 11) is 0. The van der Waals surface area contributed by atoms with Crippen molar-refractivity contribution in [3.05, 3.63) is 40.2 Å². The number of fused-ring (bicyclic) bond motifs is 1. The lowest BCUT2D eigenvalue weighted by molar-refractivity contribution is -0.143. The van der Waals surface area contributed by atoms with E-state index in [1.807, 2.05) is 6.07 Å². The number of hydrogen-bond acceptors (Lipinski definition) is 5. The minimum Gasteiger partial charge on any atom is -0.481 e. The summed E-state index contributed by atoms with van der Waals surface area (Å²) in [6, 6.07) is 6.85. The van der Waals surface area contributed by atoms with Gasteiger partial charge in [-0.2, -0.15) is 0 Å². The van der Waals surface area contributed by atoms with Gasteiger partial charge < -0.3 is 19.6 Å². The second-order valence-corrected chi connectivity index (χ2v) is 8.41. The van der Waals surface area contributed by atoms with Gasteiger partial charge in [-0.05, 0) is 69.1 Å². The molecule has 3 rings (SSSR count). The summed E-state index contributed by atoms with van der Waals surface area (Å²) in [5, 5.41) is 12.9. The Balaban J connectivity index is 1.57. The van der Waals surface area contributed by atoms with E-state index in [1.54, 1.807) is 25.1 Å². The summed E-state index contributed by atoms with van der Waals surface area (Å²) >= 11 is 0. The van der Waals surface area contributed by atoms with Crippen LogP contribution in [-0.4, -0.2) is 29.6 Å². The van der Waals surface area contributed by atoms with Crippen molar-refractivity contribution in [1.82, 2.24) is 5.32 Å². The fraction of sp³-hybridized carbons (Fsp3) is 0.542. The van der Waals surface area contributed by atoms with Crippen LogP contribution in [0.3, 0.4) is 0 Å². The Morgan fingerprint density at radius 3 is 2.65 bits per heavy atom. The van der Waals surface area contributed by atoms with Crippen LogP contribution in [0.5, 0.6) is 5.75 Å². The largest absolute Gasteiger partial charge is 0.481 e. The second-order valence-electron chi connectivity index (χ2n) is 8.41. The number of nitrogens with one attached hydrogen (secondary N) is 1. The first kappa shape index (κ1) is 22.8. The molecule has 1 aliphatic carbocycles. The fourth-order valence-electron chi connectivity index (χ4n) is 4.12. The molecule has 0 radical (unpaired) electrons. The van der Waals surface area contributed by atoms with Gasteiger partial charge >= 0.3 is 11.6 Å². The molecule has 7 heteroatoms. The molecular weight excluding hydrogens is 398 g/mol. The number of aliphatic carboxylic acids is 1. The van der Waals surface area contributed by atoms with E-state index in [2.05, 4.69) is 12.2 Å². The summed E-state index contributed by atoms with van der Waals surface area (Å²) in [5.41, 5.74) is 1.03. The lowest BCUT2D eigenvalue weighted by atomic mass is 9.82. The van der Waals surface area contributed by atoms with Crippen molar-refractivity contribution in [1.29, 1.82) is 0 Å². The molecule has 7 nitrogen and oxygen atoms in total. The summed E-state index contributed by atoms with van der Waals surface area (Å²) in [5.74, 6) is -0.451. The van der Waals surface area contributed by atoms with E-state index in [9.17, 15) is 14.4 Å². The van der Waals surface area contributed by atoms with Crippen LogP contribution in [0, 0.1) is 11.8 Å². The summed E-state index contributed by atoms with van der Waals surface area (Å²) in [6.45, 7) is 4.30. The van der Waals surface area contributed by atoms with Gasteiger partial charge in [-0.25, -0.2) is 4.79 Å². The smallest absolute Gasteiger partial charge is 0.336 e. The molecule has 0 spiro atoms. The normalized spacial score (nSPS) is 19.7. The first-order chi connectivity index (χ1) is 14.9. The zero-order valence-corrected chi connectivity index (χ0v) is 18.2. The molecule has 0 aliphatic heterocycles. The SMILES string of the molecule is CCCCc1cc(=O)oc2cc(O[C@@H](C)C(=O)NCC3CCC(C(=O)O)CC3)ccc12. The fourth-order valence-corrected chi connectivity index (χ4v) is 4.12. The third kappa shape index (κ3) is 6.09. The predicted octanol–water partition coefficient (Wildman–Crippen LogP) is 3.91. The van der Waals surface area contributed by atoms with Crippen molar-refractivity contribution in [3.63, 3.8) is 0 Å². The lowest BCUT2D eigenvalue weighted by Gasteiger charge is -2.26. The molecule has 0 unspecified atom stereocenters. The summed E-state index contributed by atoms with van der Waals surface area (Å²) < 4.78 is 11.1. The van der Waals surface area contributed by atoms with Gasteiger partial charge in [0.1, 0.15) is 11.3 Å². The molecule has 1 aromatic heterocycles. The van der Waals surface area contributed by atoms with E-state index in [0.29, 0.717) is 36.6 Å². The maximum absolute atomic E-state index is 12.4. The van der Waals surface area contributed by atoms with Crippen molar-refractivity contribution in [2.75, 3.05) is 6.54 Å². The molecular formula is C24H31NO6. The van der Waals surface area contributed by atoms with Crippen LogP contribution in [0.4, 0.5) is 0 Å². The highest BCUT2D eigenvalue weighted by Crippen LogP contribution is 2.28. The number of hydrogen-bond donors (Lipinski definition) is 2. The monoisotopic (exact) mass is 429 g/mol. The minimum atomic E-state index is -0.729. The molecule has 1 saturated carbocycles. The molecule has 2 N–H and O–H groups in total. The Hall–Kier alpha value is -2.83. The number of unbranched alkanes of at least 4 members (excludes halogenated alkanes) is 1. The first-order valence-corrected chi connectivity index (χ1v) is 11.1. The minimum absolute atomic E-state index is 0.224. The molecule has 168 valence electrons. The number of carboxylic acid groups (broad SMARTS) is 1. The van der Waals surface area contributed by atoms with Gasteiger partial charge in [0.15, 0.2) is 6.10 Å². The predicted molar refractivity (Wildman–Crippen MR) is 117 cm³/mol. The average Bonchev–Trinajstić information content (AvgIpc) is 2.75. The van der Waals surface area contributed by atoms with Gasteiger partial charge in [0, 0.05) is 24.1 Å². The van der Waals surface area contributed by atoms with Gasteiger partial charge in [0.25, 0.3) is 5.91 Å². The van der Waals surface area contributed by atoms with Crippen LogP contribution < -0.4 is 15.7 Å². The standard InChI is InChI=1S/C24H31NO6/c1-3-4-5-18-12-22(26)31-21-13-19(10-11-20(18)21)30-15(2)23(27)25-14-16-6-8-17(9-7-16)24(28)29/h10-13,15-17H,3-9,14H2,1-2H3,(H,25,27)(H,28,29)/t15-,16?,17?/m0/s1. The maximum atomic E-state index is 12.4. The lowest BCUT2D eigenvalue weighted by Crippen LogP contribution is -2.39. The number of aryl methyl sites for hydroxylation is 1. The Kier molecular flexibility index (Phi) is 7.71. The molecule has 1 aliphatic rings. The molecule has 2 aromatic rings. The highest BCUT2D eigenvalue weighted by Gasteiger charge is 2.26. The van der Waals surface area contributed by atoms with Gasteiger partial charge in [0.05, 0.1) is 5.92 Å². The Morgan fingerprint density at radius 1 is 1.23 bits per heavy atom. The van der Waals surface area contributed by atoms with E-state index in [4.69, 9.17) is 14.3 Å². The molecule has 1 atom stereocenters. The summed E-state index contributed by atoms with van der Waals surface area (Å²) in [6.07, 6.45) is 5.05. The summed E-state index contributed by atoms with van der Waals surface area (Å²) in [4.78, 5) is 35.4. The van der Waals surface area contributed by atoms with Crippen molar-refractivity contribution < 1.29 is 23.8 Å². The Bertz CT molecular complexity index is 974. The average molecular weight is 430 g/mol. The number of rotatable bonds is 9. The molecule has 0 saturated heterocycles. The number of carbonyl (C=O) groups is 2. The molecule has 1 aromatic carbocycles. The van der Waals surface area contributed by atoms with Crippen LogP contribution in [0.15, 0.2) is 33.5 Å². The van der Waals surface area contributed by atoms with Gasteiger partial charge in [-0.1, -0.05) is 13.3 Å². The molecule has 0 bridgehead atoms. The highest BCUT2D eigenvalue weighted by molar-refractivity contribution is 5.83. The van der Waals surface area contributed by atoms with Crippen LogP contribution in [-0.2, 0) is 16.0 Å². The third-order valence-corrected chi connectivity index (χ3v) is 6.04. The molecule has 1 amide bonds. The zero-order valence-electron chi connectivity index (χ0n) is 18.2. The van der Waals surface area contributed by atoms with E-state index in [-0.39, 0.29) is 17.5 Å². The zero-order chi connectivity index (χ0) is 22.4. The van der Waals surface area contributed by atoms with Crippen LogP contribution >= 0.6 is 0 Å². The van der Waals surface area contributed by atoms with Crippen molar-refractivity contribution in [2.24, 2.45) is 11.8 Å². The maximum Gasteiger partial charge on any atom is 0.336 e. The Morgan fingerprint density at radius 2 is 1.97 bits per heavy atom. The van der Waals surface area contributed by atoms with Crippen molar-refractivity contribution in [3.8, 4) is 5.75 Å². The van der Waals surface area contributed by atoms with Crippen LogP contribution in [0.1, 0.15) is 57.9 Å².